The summed E-state index contributed by atoms with van der Waals surface area (Å²) in [4.78, 5) is 24.5. The van der Waals surface area contributed by atoms with Crippen molar-refractivity contribution in [3.8, 4) is 0 Å². The summed E-state index contributed by atoms with van der Waals surface area (Å²) in [6.45, 7) is 5.19. The maximum absolute atomic E-state index is 11.5. The quantitative estimate of drug-likeness (QED) is 0.447. The van der Waals surface area contributed by atoms with Crippen molar-refractivity contribution in [2.75, 3.05) is 37.8 Å². The van der Waals surface area contributed by atoms with E-state index >= 15 is 0 Å². The van der Waals surface area contributed by atoms with Crippen molar-refractivity contribution in [2.45, 2.75) is 32.3 Å². The highest BCUT2D eigenvalue weighted by Crippen LogP contribution is 2.32. The zero-order valence-corrected chi connectivity index (χ0v) is 14.5. The lowest BCUT2D eigenvalue weighted by Crippen LogP contribution is -2.38. The molecule has 2 fully saturated rings. The van der Waals surface area contributed by atoms with Crippen LogP contribution in [0.1, 0.15) is 36.5 Å². The van der Waals surface area contributed by atoms with Gasteiger partial charge in [0.05, 0.1) is 24.2 Å². The molecule has 0 bridgehead atoms. The minimum atomic E-state index is -0.412. The maximum Gasteiger partial charge on any atom is 0.293 e. The Bertz CT molecular complexity index is 634. The first kappa shape index (κ1) is 17.8. The van der Waals surface area contributed by atoms with E-state index in [0.717, 1.165) is 39.1 Å². The largest absolute Gasteiger partial charge is 0.381 e. The molecule has 0 spiro atoms. The number of Topliss-reactive ketones (excluding diaryl/α,β-unsaturated/α-hetero) is 1. The van der Waals surface area contributed by atoms with E-state index in [-0.39, 0.29) is 17.6 Å². The van der Waals surface area contributed by atoms with Gasteiger partial charge in [-0.3, -0.25) is 14.9 Å². The van der Waals surface area contributed by atoms with Gasteiger partial charge in [-0.25, -0.2) is 0 Å². The molecule has 136 valence electrons. The fourth-order valence-corrected chi connectivity index (χ4v) is 3.41. The van der Waals surface area contributed by atoms with Gasteiger partial charge in [0.1, 0.15) is 5.69 Å². The van der Waals surface area contributed by atoms with Crippen molar-refractivity contribution in [1.29, 1.82) is 0 Å². The minimum absolute atomic E-state index is 0.00447. The standard InChI is InChI=1S/C18H24N2O5/c1-13(21)15-2-3-17(18(10-15)20(22)23)19-7-4-16(5-8-19)25-12-14-6-9-24-11-14/h2-3,10,14,16H,4-9,11-12H2,1H3. The smallest absolute Gasteiger partial charge is 0.293 e. The van der Waals surface area contributed by atoms with Gasteiger partial charge in [-0.2, -0.15) is 0 Å². The topological polar surface area (TPSA) is 81.9 Å². The third kappa shape index (κ3) is 4.35. The Labute approximate surface area is 147 Å². The number of nitro groups is 1. The summed E-state index contributed by atoms with van der Waals surface area (Å²) < 4.78 is 11.4. The van der Waals surface area contributed by atoms with Crippen molar-refractivity contribution in [2.24, 2.45) is 5.92 Å². The number of benzene rings is 1. The number of hydrogen-bond acceptors (Lipinski definition) is 6. The van der Waals surface area contributed by atoms with Crippen LogP contribution in [0.3, 0.4) is 0 Å². The molecule has 0 saturated carbocycles. The van der Waals surface area contributed by atoms with E-state index in [2.05, 4.69) is 0 Å². The number of anilines is 1. The highest BCUT2D eigenvalue weighted by atomic mass is 16.6. The Balaban J connectivity index is 1.60. The summed E-state index contributed by atoms with van der Waals surface area (Å²) in [5, 5.41) is 11.4. The Morgan fingerprint density at radius 1 is 1.36 bits per heavy atom. The lowest BCUT2D eigenvalue weighted by atomic mass is 10.0. The molecule has 2 aliphatic rings. The van der Waals surface area contributed by atoms with Gasteiger partial charge in [-0.1, -0.05) is 0 Å². The molecule has 25 heavy (non-hydrogen) atoms. The Hall–Kier alpha value is -1.99. The predicted molar refractivity (Wildman–Crippen MR) is 93.2 cm³/mol. The van der Waals surface area contributed by atoms with Gasteiger partial charge in [-0.05, 0) is 38.3 Å². The fourth-order valence-electron chi connectivity index (χ4n) is 3.41. The molecule has 2 heterocycles. The van der Waals surface area contributed by atoms with Crippen molar-refractivity contribution in [3.63, 3.8) is 0 Å². The van der Waals surface area contributed by atoms with Gasteiger partial charge >= 0.3 is 0 Å². The number of hydrogen-bond donors (Lipinski definition) is 0. The summed E-state index contributed by atoms with van der Waals surface area (Å²) in [6, 6.07) is 4.72. The summed E-state index contributed by atoms with van der Waals surface area (Å²) >= 11 is 0. The number of carbonyl (C=O) groups excluding carboxylic acids is 1. The average Bonchev–Trinajstić information content (AvgIpc) is 3.13. The van der Waals surface area contributed by atoms with E-state index in [1.165, 1.54) is 13.0 Å². The molecule has 0 amide bonds. The number of ketones is 1. The van der Waals surface area contributed by atoms with Gasteiger partial charge < -0.3 is 14.4 Å². The molecule has 1 atom stereocenters. The normalized spacial score (nSPS) is 21.5. The molecule has 2 aliphatic heterocycles. The molecule has 0 N–H and O–H groups in total. The van der Waals surface area contributed by atoms with Crippen LogP contribution in [-0.4, -0.2) is 49.7 Å². The monoisotopic (exact) mass is 348 g/mol. The third-order valence-corrected chi connectivity index (χ3v) is 4.95. The van der Waals surface area contributed by atoms with Crippen LogP contribution in [0.4, 0.5) is 11.4 Å². The lowest BCUT2D eigenvalue weighted by Gasteiger charge is -2.33. The minimum Gasteiger partial charge on any atom is -0.381 e. The SMILES string of the molecule is CC(=O)c1ccc(N2CCC(OCC3CCOC3)CC2)c([N+](=O)[O-])c1. The Kier molecular flexibility index (Phi) is 5.65. The maximum atomic E-state index is 11.5. The van der Waals surface area contributed by atoms with Crippen molar-refractivity contribution < 1.29 is 19.2 Å². The van der Waals surface area contributed by atoms with E-state index in [1.807, 2.05) is 4.90 Å². The molecule has 2 saturated heterocycles. The molecule has 1 unspecified atom stereocenters. The third-order valence-electron chi connectivity index (χ3n) is 4.95. The van der Waals surface area contributed by atoms with Gasteiger partial charge in [0, 0.05) is 37.2 Å². The molecule has 0 aliphatic carbocycles. The van der Waals surface area contributed by atoms with Gasteiger partial charge in [-0.15, -0.1) is 0 Å². The van der Waals surface area contributed by atoms with Crippen LogP contribution in [0.25, 0.3) is 0 Å². The fraction of sp³-hybridized carbons (Fsp3) is 0.611. The summed E-state index contributed by atoms with van der Waals surface area (Å²) in [5.74, 6) is 0.330. The van der Waals surface area contributed by atoms with Crippen LogP contribution in [0, 0.1) is 16.0 Å². The number of nitrogens with zero attached hydrogens (tertiary/aromatic N) is 2. The molecule has 7 nitrogen and oxygen atoms in total. The van der Waals surface area contributed by atoms with Crippen LogP contribution < -0.4 is 4.90 Å². The first-order valence-electron chi connectivity index (χ1n) is 8.78. The first-order chi connectivity index (χ1) is 12.0. The van der Waals surface area contributed by atoms with E-state index < -0.39 is 4.92 Å². The highest BCUT2D eigenvalue weighted by molar-refractivity contribution is 5.95. The van der Waals surface area contributed by atoms with Crippen LogP contribution in [-0.2, 0) is 9.47 Å². The number of ether oxygens (including phenoxy) is 2. The second kappa shape index (κ2) is 7.93. The Morgan fingerprint density at radius 2 is 2.12 bits per heavy atom. The molecular weight excluding hydrogens is 324 g/mol. The average molecular weight is 348 g/mol. The number of carbonyl (C=O) groups is 1. The second-order valence-electron chi connectivity index (χ2n) is 6.77. The second-order valence-corrected chi connectivity index (χ2v) is 6.77. The summed E-state index contributed by atoms with van der Waals surface area (Å²) in [6.07, 6.45) is 2.96. The van der Waals surface area contributed by atoms with Gasteiger partial charge in [0.25, 0.3) is 5.69 Å². The lowest BCUT2D eigenvalue weighted by molar-refractivity contribution is -0.384. The van der Waals surface area contributed by atoms with Crippen molar-refractivity contribution in [3.05, 3.63) is 33.9 Å². The van der Waals surface area contributed by atoms with Crippen LogP contribution >= 0.6 is 0 Å². The van der Waals surface area contributed by atoms with Crippen LogP contribution in [0.2, 0.25) is 0 Å². The van der Waals surface area contributed by atoms with E-state index in [4.69, 9.17) is 9.47 Å². The zero-order chi connectivity index (χ0) is 17.8. The first-order valence-corrected chi connectivity index (χ1v) is 8.78. The number of rotatable bonds is 6. The van der Waals surface area contributed by atoms with Crippen molar-refractivity contribution in [1.82, 2.24) is 0 Å². The van der Waals surface area contributed by atoms with Gasteiger partial charge in [0.2, 0.25) is 0 Å². The zero-order valence-electron chi connectivity index (χ0n) is 14.5. The number of nitro benzene ring substituents is 1. The van der Waals surface area contributed by atoms with Crippen LogP contribution in [0.5, 0.6) is 0 Å². The van der Waals surface area contributed by atoms with E-state index in [0.29, 0.717) is 30.3 Å². The molecule has 0 radical (unpaired) electrons. The molecule has 1 aromatic carbocycles. The van der Waals surface area contributed by atoms with E-state index in [1.54, 1.807) is 12.1 Å². The van der Waals surface area contributed by atoms with Gasteiger partial charge in [0.15, 0.2) is 5.78 Å². The van der Waals surface area contributed by atoms with E-state index in [9.17, 15) is 14.9 Å². The highest BCUT2D eigenvalue weighted by Gasteiger charge is 2.27. The number of piperidine rings is 1. The van der Waals surface area contributed by atoms with Crippen molar-refractivity contribution >= 4 is 17.2 Å². The Morgan fingerprint density at radius 3 is 2.72 bits per heavy atom. The summed E-state index contributed by atoms with van der Waals surface area (Å²) in [7, 11) is 0. The molecule has 0 aromatic heterocycles. The molecular formula is C18H24N2O5. The van der Waals surface area contributed by atoms with Crippen LogP contribution in [0.15, 0.2) is 18.2 Å². The predicted octanol–water partition coefficient (Wildman–Crippen LogP) is 2.82. The summed E-state index contributed by atoms with van der Waals surface area (Å²) in [5.41, 5.74) is 0.945. The molecule has 3 rings (SSSR count). The molecule has 7 heteroatoms. The molecule has 1 aromatic rings.